The second-order valence-corrected chi connectivity index (χ2v) is 5.64. The smallest absolute Gasteiger partial charge is 0.0635 e. The number of benzene rings is 2. The van der Waals surface area contributed by atoms with E-state index in [9.17, 15) is 5.11 Å². The molecule has 0 radical (unpaired) electrons. The zero-order chi connectivity index (χ0) is 14.8. The highest BCUT2D eigenvalue weighted by Crippen LogP contribution is 2.17. The average molecular weight is 280 g/mol. The fourth-order valence-electron chi connectivity index (χ4n) is 2.81. The van der Waals surface area contributed by atoms with Gasteiger partial charge in [0.15, 0.2) is 0 Å². The molecule has 1 atom stereocenters. The van der Waals surface area contributed by atoms with Gasteiger partial charge in [0.1, 0.15) is 0 Å². The Hall–Kier alpha value is -2.13. The molecule has 0 fully saturated rings. The first-order valence-electron chi connectivity index (χ1n) is 7.27. The van der Waals surface area contributed by atoms with Gasteiger partial charge < -0.3 is 5.11 Å². The first-order chi connectivity index (χ1) is 10.1. The Morgan fingerprint density at radius 2 is 1.81 bits per heavy atom. The Balaban J connectivity index is 1.73. The van der Waals surface area contributed by atoms with Gasteiger partial charge in [-0.3, -0.25) is 4.68 Å². The van der Waals surface area contributed by atoms with Crippen molar-refractivity contribution in [1.82, 2.24) is 9.78 Å². The standard InChI is InChI=1S/C18H20N2O/c1-13-9-17(20(2)19-13)12-18(21)11-14-7-8-15-5-3-4-6-16(15)10-14/h3-10,18,21H,11-12H2,1-2H3. The summed E-state index contributed by atoms with van der Waals surface area (Å²) in [6.45, 7) is 1.97. The third kappa shape index (κ3) is 3.14. The first kappa shape index (κ1) is 13.8. The predicted molar refractivity (Wildman–Crippen MR) is 85.3 cm³/mol. The van der Waals surface area contributed by atoms with Gasteiger partial charge in [0.25, 0.3) is 0 Å². The second kappa shape index (κ2) is 5.70. The number of aryl methyl sites for hydroxylation is 2. The van der Waals surface area contributed by atoms with E-state index in [0.717, 1.165) is 11.4 Å². The number of rotatable bonds is 4. The first-order valence-corrected chi connectivity index (χ1v) is 7.27. The van der Waals surface area contributed by atoms with E-state index in [-0.39, 0.29) is 6.10 Å². The quantitative estimate of drug-likeness (QED) is 0.797. The van der Waals surface area contributed by atoms with Gasteiger partial charge in [-0.05, 0) is 35.7 Å². The van der Waals surface area contributed by atoms with Crippen molar-refractivity contribution in [2.75, 3.05) is 0 Å². The van der Waals surface area contributed by atoms with Crippen LogP contribution in [-0.4, -0.2) is 21.0 Å². The molecule has 0 aliphatic carbocycles. The molecule has 0 saturated carbocycles. The summed E-state index contributed by atoms with van der Waals surface area (Å²) in [5.41, 5.74) is 3.23. The summed E-state index contributed by atoms with van der Waals surface area (Å²) in [4.78, 5) is 0. The van der Waals surface area contributed by atoms with Crippen LogP contribution in [0.1, 0.15) is 17.0 Å². The van der Waals surface area contributed by atoms with E-state index in [4.69, 9.17) is 0 Å². The van der Waals surface area contributed by atoms with Crippen LogP contribution in [0.5, 0.6) is 0 Å². The van der Waals surface area contributed by atoms with Crippen LogP contribution in [-0.2, 0) is 19.9 Å². The lowest BCUT2D eigenvalue weighted by atomic mass is 10.0. The Morgan fingerprint density at radius 1 is 1.05 bits per heavy atom. The lowest BCUT2D eigenvalue weighted by molar-refractivity contribution is 0.173. The highest BCUT2D eigenvalue weighted by atomic mass is 16.3. The number of hydrogen-bond donors (Lipinski definition) is 1. The van der Waals surface area contributed by atoms with Crippen molar-refractivity contribution < 1.29 is 5.11 Å². The third-order valence-corrected chi connectivity index (χ3v) is 3.83. The molecule has 0 aliphatic rings. The van der Waals surface area contributed by atoms with Crippen LogP contribution < -0.4 is 0 Å². The lowest BCUT2D eigenvalue weighted by Gasteiger charge is -2.11. The molecule has 108 valence electrons. The molecule has 0 spiro atoms. The minimum Gasteiger partial charge on any atom is -0.392 e. The maximum absolute atomic E-state index is 10.3. The van der Waals surface area contributed by atoms with Crippen LogP contribution in [0.4, 0.5) is 0 Å². The van der Waals surface area contributed by atoms with Crippen molar-refractivity contribution in [3.8, 4) is 0 Å². The van der Waals surface area contributed by atoms with E-state index in [1.165, 1.54) is 16.3 Å². The van der Waals surface area contributed by atoms with E-state index >= 15 is 0 Å². The van der Waals surface area contributed by atoms with E-state index in [1.807, 2.05) is 36.9 Å². The largest absolute Gasteiger partial charge is 0.392 e. The molecule has 2 aromatic carbocycles. The SMILES string of the molecule is Cc1cc(CC(O)Cc2ccc3ccccc3c2)n(C)n1. The fraction of sp³-hybridized carbons (Fsp3) is 0.278. The van der Waals surface area contributed by atoms with Gasteiger partial charge in [-0.15, -0.1) is 0 Å². The summed E-state index contributed by atoms with van der Waals surface area (Å²) < 4.78 is 1.85. The molecule has 3 heteroatoms. The molecule has 3 nitrogen and oxygen atoms in total. The number of nitrogens with zero attached hydrogens (tertiary/aromatic N) is 2. The van der Waals surface area contributed by atoms with Crippen LogP contribution in [0.3, 0.4) is 0 Å². The maximum atomic E-state index is 10.3. The van der Waals surface area contributed by atoms with Gasteiger partial charge >= 0.3 is 0 Å². The zero-order valence-corrected chi connectivity index (χ0v) is 12.5. The summed E-state index contributed by atoms with van der Waals surface area (Å²) in [6, 6.07) is 16.7. The molecule has 1 heterocycles. The topological polar surface area (TPSA) is 38.0 Å². The van der Waals surface area contributed by atoms with Crippen molar-refractivity contribution in [3.63, 3.8) is 0 Å². The molecule has 1 aromatic heterocycles. The molecule has 21 heavy (non-hydrogen) atoms. The molecule has 1 N–H and O–H groups in total. The van der Waals surface area contributed by atoms with Crippen molar-refractivity contribution in [1.29, 1.82) is 0 Å². The predicted octanol–water partition coefficient (Wildman–Crippen LogP) is 3.03. The molecule has 0 aliphatic heterocycles. The average Bonchev–Trinajstić information content (AvgIpc) is 2.76. The summed E-state index contributed by atoms with van der Waals surface area (Å²) in [5, 5.41) is 17.1. The number of aromatic nitrogens is 2. The monoisotopic (exact) mass is 280 g/mol. The van der Waals surface area contributed by atoms with Crippen molar-refractivity contribution in [2.45, 2.75) is 25.9 Å². The van der Waals surface area contributed by atoms with E-state index in [2.05, 4.69) is 35.4 Å². The van der Waals surface area contributed by atoms with Gasteiger partial charge in [0.05, 0.1) is 11.8 Å². The maximum Gasteiger partial charge on any atom is 0.0635 e. The third-order valence-electron chi connectivity index (χ3n) is 3.83. The number of aliphatic hydroxyl groups is 1. The Bertz CT molecular complexity index is 761. The second-order valence-electron chi connectivity index (χ2n) is 5.64. The van der Waals surface area contributed by atoms with E-state index in [0.29, 0.717) is 12.8 Å². The van der Waals surface area contributed by atoms with Crippen molar-refractivity contribution >= 4 is 10.8 Å². The molecule has 1 unspecified atom stereocenters. The molecular weight excluding hydrogens is 260 g/mol. The molecule has 0 bridgehead atoms. The van der Waals surface area contributed by atoms with Crippen LogP contribution in [0.2, 0.25) is 0 Å². The molecule has 3 rings (SSSR count). The zero-order valence-electron chi connectivity index (χ0n) is 12.5. The minimum absolute atomic E-state index is 0.388. The fourth-order valence-corrected chi connectivity index (χ4v) is 2.81. The number of hydrogen-bond acceptors (Lipinski definition) is 2. The summed E-state index contributed by atoms with van der Waals surface area (Å²) >= 11 is 0. The highest BCUT2D eigenvalue weighted by molar-refractivity contribution is 5.82. The van der Waals surface area contributed by atoms with Gasteiger partial charge in [0, 0.05) is 19.2 Å². The van der Waals surface area contributed by atoms with Crippen molar-refractivity contribution in [2.24, 2.45) is 7.05 Å². The minimum atomic E-state index is -0.388. The van der Waals surface area contributed by atoms with Gasteiger partial charge in [0.2, 0.25) is 0 Å². The summed E-state index contributed by atoms with van der Waals surface area (Å²) in [6.07, 6.45) is 0.903. The van der Waals surface area contributed by atoms with E-state index < -0.39 is 0 Å². The Labute approximate surface area is 124 Å². The van der Waals surface area contributed by atoms with Crippen molar-refractivity contribution in [3.05, 3.63) is 65.5 Å². The van der Waals surface area contributed by atoms with Crippen LogP contribution in [0.25, 0.3) is 10.8 Å². The van der Waals surface area contributed by atoms with Crippen LogP contribution in [0.15, 0.2) is 48.5 Å². The van der Waals surface area contributed by atoms with E-state index in [1.54, 1.807) is 0 Å². The summed E-state index contributed by atoms with van der Waals surface area (Å²) in [7, 11) is 1.92. The molecule has 0 amide bonds. The molecule has 0 saturated heterocycles. The normalized spacial score (nSPS) is 12.7. The van der Waals surface area contributed by atoms with Crippen LogP contribution >= 0.6 is 0 Å². The van der Waals surface area contributed by atoms with Gasteiger partial charge in [-0.25, -0.2) is 0 Å². The molecule has 3 aromatic rings. The Kier molecular flexibility index (Phi) is 3.76. The summed E-state index contributed by atoms with van der Waals surface area (Å²) in [5.74, 6) is 0. The highest BCUT2D eigenvalue weighted by Gasteiger charge is 2.11. The van der Waals surface area contributed by atoms with Gasteiger partial charge in [-0.2, -0.15) is 5.10 Å². The Morgan fingerprint density at radius 3 is 2.52 bits per heavy atom. The van der Waals surface area contributed by atoms with Gasteiger partial charge in [-0.1, -0.05) is 42.5 Å². The van der Waals surface area contributed by atoms with Crippen LogP contribution in [0, 0.1) is 6.92 Å². The number of fused-ring (bicyclic) bond motifs is 1. The number of aliphatic hydroxyl groups excluding tert-OH is 1. The molecular formula is C18H20N2O. The lowest BCUT2D eigenvalue weighted by Crippen LogP contribution is -2.16.